The first-order chi connectivity index (χ1) is 14.6. The Morgan fingerprint density at radius 1 is 1.03 bits per heavy atom. The molecule has 0 saturated heterocycles. The van der Waals surface area contributed by atoms with E-state index < -0.39 is 23.8 Å². The van der Waals surface area contributed by atoms with Crippen molar-refractivity contribution in [3.63, 3.8) is 0 Å². The molecule has 2 aromatic heterocycles. The number of aryl methyl sites for hydroxylation is 2. The van der Waals surface area contributed by atoms with Gasteiger partial charge < -0.3 is 19.4 Å². The maximum atomic E-state index is 12.8. The Bertz CT molecular complexity index is 1210. The number of H-pyrrole nitrogens is 2. The predicted octanol–water partition coefficient (Wildman–Crippen LogP) is 2.63. The number of ether oxygens (including phenoxy) is 2. The van der Waals surface area contributed by atoms with Crippen LogP contribution in [0, 0.1) is 20.8 Å². The van der Waals surface area contributed by atoms with Gasteiger partial charge in [-0.05, 0) is 57.5 Å². The average Bonchev–Trinajstić information content (AvgIpc) is 3.24. The highest BCUT2D eigenvalue weighted by atomic mass is 16.5. The molecule has 0 aliphatic rings. The molecule has 0 spiro atoms. The third kappa shape index (κ3) is 4.07. The number of ketones is 1. The lowest BCUT2D eigenvalue weighted by molar-refractivity contribution is 0.0316. The molecule has 0 aliphatic heterocycles. The van der Waals surface area contributed by atoms with Gasteiger partial charge in [-0.25, -0.2) is 14.4 Å². The molecule has 1 unspecified atom stereocenters. The molecular formula is C22H23N3O6. The third-order valence-corrected chi connectivity index (χ3v) is 5.05. The quantitative estimate of drug-likeness (QED) is 0.462. The summed E-state index contributed by atoms with van der Waals surface area (Å²) >= 11 is 0. The van der Waals surface area contributed by atoms with E-state index in [0.29, 0.717) is 16.9 Å². The normalized spacial score (nSPS) is 11.8. The first kappa shape index (κ1) is 21.8. The molecule has 0 bridgehead atoms. The molecule has 0 fully saturated rings. The van der Waals surface area contributed by atoms with Gasteiger partial charge in [0.15, 0.2) is 6.10 Å². The summed E-state index contributed by atoms with van der Waals surface area (Å²) < 4.78 is 11.5. The number of esters is 2. The average molecular weight is 425 g/mol. The van der Waals surface area contributed by atoms with Crippen molar-refractivity contribution in [1.29, 1.82) is 0 Å². The highest BCUT2D eigenvalue weighted by molar-refractivity contribution is 6.04. The van der Waals surface area contributed by atoms with E-state index in [1.54, 1.807) is 39.1 Å². The second-order valence-electron chi connectivity index (χ2n) is 7.15. The topological polar surface area (TPSA) is 123 Å². The molecule has 3 rings (SSSR count). The van der Waals surface area contributed by atoms with Gasteiger partial charge in [0.05, 0.1) is 29.6 Å². The molecule has 9 heteroatoms. The Kier molecular flexibility index (Phi) is 5.96. The maximum absolute atomic E-state index is 12.8. The summed E-state index contributed by atoms with van der Waals surface area (Å²) in [6.45, 7) is 6.53. The van der Waals surface area contributed by atoms with Gasteiger partial charge in [-0.2, -0.15) is 0 Å². The Balaban J connectivity index is 1.76. The molecule has 0 radical (unpaired) electrons. The SMILES string of the molecule is COC(=O)c1c(C)[nH]c(C(=O)C(C)OC(=O)c2ccc(-n3c(C)c[nH]c3=O)cc2)c1C. The van der Waals surface area contributed by atoms with Gasteiger partial charge >= 0.3 is 17.6 Å². The lowest BCUT2D eigenvalue weighted by Gasteiger charge is -2.13. The number of aromatic nitrogens is 3. The smallest absolute Gasteiger partial charge is 0.339 e. The number of hydrogen-bond acceptors (Lipinski definition) is 6. The van der Waals surface area contributed by atoms with Crippen molar-refractivity contribution >= 4 is 17.7 Å². The minimum atomic E-state index is -1.08. The summed E-state index contributed by atoms with van der Waals surface area (Å²) in [4.78, 5) is 54.6. The Morgan fingerprint density at radius 2 is 1.68 bits per heavy atom. The van der Waals surface area contributed by atoms with Crippen molar-refractivity contribution in [2.45, 2.75) is 33.8 Å². The highest BCUT2D eigenvalue weighted by Gasteiger charge is 2.27. The van der Waals surface area contributed by atoms with Gasteiger partial charge in [0.25, 0.3) is 0 Å². The van der Waals surface area contributed by atoms with Crippen LogP contribution in [0.5, 0.6) is 0 Å². The molecule has 0 aliphatic carbocycles. The van der Waals surface area contributed by atoms with Gasteiger partial charge in [-0.1, -0.05) is 0 Å². The van der Waals surface area contributed by atoms with Gasteiger partial charge in [0.2, 0.25) is 5.78 Å². The van der Waals surface area contributed by atoms with Crippen LogP contribution in [-0.4, -0.2) is 45.5 Å². The fourth-order valence-electron chi connectivity index (χ4n) is 3.41. The number of Topliss-reactive ketones (excluding diaryl/α,β-unsaturated/α-hetero) is 1. The zero-order chi connectivity index (χ0) is 22.9. The molecule has 2 N–H and O–H groups in total. The fraction of sp³-hybridized carbons (Fsp3) is 0.273. The zero-order valence-corrected chi connectivity index (χ0v) is 17.9. The number of benzene rings is 1. The monoisotopic (exact) mass is 425 g/mol. The van der Waals surface area contributed by atoms with E-state index >= 15 is 0 Å². The van der Waals surface area contributed by atoms with Crippen molar-refractivity contribution in [2.75, 3.05) is 7.11 Å². The molecular weight excluding hydrogens is 402 g/mol. The Labute approximate surface area is 178 Å². The summed E-state index contributed by atoms with van der Waals surface area (Å²) in [5.74, 6) is -1.69. The van der Waals surface area contributed by atoms with E-state index in [0.717, 1.165) is 5.69 Å². The van der Waals surface area contributed by atoms with Crippen LogP contribution in [0.4, 0.5) is 0 Å². The van der Waals surface area contributed by atoms with Crippen molar-refractivity contribution in [3.8, 4) is 5.69 Å². The van der Waals surface area contributed by atoms with E-state index in [-0.39, 0.29) is 22.5 Å². The van der Waals surface area contributed by atoms with E-state index in [9.17, 15) is 19.2 Å². The molecule has 1 aromatic carbocycles. The fourth-order valence-corrected chi connectivity index (χ4v) is 3.41. The van der Waals surface area contributed by atoms with Crippen LogP contribution < -0.4 is 5.69 Å². The number of carbonyl (C=O) groups is 3. The van der Waals surface area contributed by atoms with Crippen LogP contribution in [0.25, 0.3) is 5.69 Å². The number of methoxy groups -OCH3 is 1. The molecule has 31 heavy (non-hydrogen) atoms. The lowest BCUT2D eigenvalue weighted by Crippen LogP contribution is -2.25. The first-order valence-electron chi connectivity index (χ1n) is 9.55. The first-order valence-corrected chi connectivity index (χ1v) is 9.55. The number of hydrogen-bond donors (Lipinski definition) is 2. The van der Waals surface area contributed by atoms with Crippen molar-refractivity contribution in [1.82, 2.24) is 14.5 Å². The van der Waals surface area contributed by atoms with E-state index in [1.807, 2.05) is 0 Å². The van der Waals surface area contributed by atoms with Crippen LogP contribution in [-0.2, 0) is 9.47 Å². The van der Waals surface area contributed by atoms with Crippen LogP contribution in [0.1, 0.15) is 55.1 Å². The van der Waals surface area contributed by atoms with Crippen LogP contribution >= 0.6 is 0 Å². The minimum absolute atomic E-state index is 0.191. The molecule has 3 aromatic rings. The van der Waals surface area contributed by atoms with Crippen LogP contribution in [0.2, 0.25) is 0 Å². The summed E-state index contributed by atoms with van der Waals surface area (Å²) in [6.07, 6.45) is 0.511. The largest absolute Gasteiger partial charge is 0.465 e. The number of rotatable bonds is 6. The minimum Gasteiger partial charge on any atom is -0.465 e. The van der Waals surface area contributed by atoms with Gasteiger partial charge in [0.1, 0.15) is 0 Å². The molecule has 0 saturated carbocycles. The number of aromatic amines is 2. The van der Waals surface area contributed by atoms with Gasteiger partial charge in [0, 0.05) is 17.6 Å². The number of nitrogens with one attached hydrogen (secondary N) is 2. The second kappa shape index (κ2) is 8.47. The van der Waals surface area contributed by atoms with E-state index in [1.165, 1.54) is 30.7 Å². The van der Waals surface area contributed by atoms with E-state index in [2.05, 4.69) is 9.97 Å². The summed E-state index contributed by atoms with van der Waals surface area (Å²) in [5.41, 5.74) is 2.69. The number of carbonyl (C=O) groups excluding carboxylic acids is 3. The zero-order valence-electron chi connectivity index (χ0n) is 17.9. The predicted molar refractivity (Wildman–Crippen MR) is 112 cm³/mol. The van der Waals surface area contributed by atoms with Crippen LogP contribution in [0.3, 0.4) is 0 Å². The van der Waals surface area contributed by atoms with Gasteiger partial charge in [-0.3, -0.25) is 9.36 Å². The van der Waals surface area contributed by atoms with Crippen molar-refractivity contribution in [2.24, 2.45) is 0 Å². The molecule has 162 valence electrons. The highest BCUT2D eigenvalue weighted by Crippen LogP contribution is 2.21. The third-order valence-electron chi connectivity index (χ3n) is 5.05. The maximum Gasteiger partial charge on any atom is 0.339 e. The second-order valence-corrected chi connectivity index (χ2v) is 7.15. The summed E-state index contributed by atoms with van der Waals surface area (Å²) in [6, 6.07) is 6.28. The molecule has 1 atom stereocenters. The van der Waals surface area contributed by atoms with Gasteiger partial charge in [-0.15, -0.1) is 0 Å². The summed E-state index contributed by atoms with van der Waals surface area (Å²) in [5, 5.41) is 0. The Hall–Kier alpha value is -3.88. The van der Waals surface area contributed by atoms with Crippen molar-refractivity contribution in [3.05, 3.63) is 74.7 Å². The van der Waals surface area contributed by atoms with Crippen LogP contribution in [0.15, 0.2) is 35.3 Å². The molecule has 9 nitrogen and oxygen atoms in total. The molecule has 0 amide bonds. The Morgan fingerprint density at radius 3 is 2.23 bits per heavy atom. The standard InChI is InChI=1S/C22H23N3O6/c1-11-10-23-22(29)25(11)16-8-6-15(7-9-16)20(27)31-14(4)19(26)18-12(2)17(13(3)24-18)21(28)30-5/h6-10,14,24H,1-5H3,(H,23,29). The number of imidazole rings is 1. The lowest BCUT2D eigenvalue weighted by atomic mass is 10.1. The number of nitrogens with zero attached hydrogens (tertiary/aromatic N) is 1. The van der Waals surface area contributed by atoms with E-state index in [4.69, 9.17) is 9.47 Å². The summed E-state index contributed by atoms with van der Waals surface area (Å²) in [7, 11) is 1.26. The molecule has 2 heterocycles. The van der Waals surface area contributed by atoms with Crippen molar-refractivity contribution < 1.29 is 23.9 Å².